The second kappa shape index (κ2) is 13.0. The van der Waals surface area contributed by atoms with Crippen LogP contribution in [0.4, 0.5) is 13.2 Å². The van der Waals surface area contributed by atoms with E-state index in [9.17, 15) is 27.6 Å². The minimum Gasteiger partial charge on any atom is -0.475 e. The van der Waals surface area contributed by atoms with Crippen molar-refractivity contribution in [3.8, 4) is 0 Å². The lowest BCUT2D eigenvalue weighted by atomic mass is 9.65. The molecule has 1 aliphatic carbocycles. The first-order valence-corrected chi connectivity index (χ1v) is 15.6. The predicted molar refractivity (Wildman–Crippen MR) is 157 cm³/mol. The van der Waals surface area contributed by atoms with Crippen LogP contribution >= 0.6 is 0 Å². The van der Waals surface area contributed by atoms with E-state index in [0.29, 0.717) is 17.8 Å². The highest BCUT2D eigenvalue weighted by Crippen LogP contribution is 2.45. The number of rotatable bonds is 4. The number of piperidine rings is 3. The van der Waals surface area contributed by atoms with Gasteiger partial charge in [0.2, 0.25) is 11.8 Å². The van der Waals surface area contributed by atoms with Gasteiger partial charge in [-0.15, -0.1) is 0 Å². The summed E-state index contributed by atoms with van der Waals surface area (Å²) in [5.74, 6) is -2.05. The zero-order valence-corrected chi connectivity index (χ0v) is 25.1. The van der Waals surface area contributed by atoms with Gasteiger partial charge >= 0.3 is 17.8 Å². The first-order chi connectivity index (χ1) is 20.9. The van der Waals surface area contributed by atoms with Crippen molar-refractivity contribution in [2.75, 3.05) is 32.7 Å². The third kappa shape index (κ3) is 7.03. The smallest absolute Gasteiger partial charge is 0.475 e. The molecule has 1 unspecified atom stereocenters. The second-order valence-electron chi connectivity index (χ2n) is 13.0. The van der Waals surface area contributed by atoms with E-state index in [-0.39, 0.29) is 23.9 Å². The molecule has 4 heterocycles. The molecular weight excluding hydrogens is 579 g/mol. The Bertz CT molecular complexity index is 1430. The molecule has 2 amide bonds. The molecule has 3 N–H and O–H groups in total. The van der Waals surface area contributed by atoms with Gasteiger partial charge in [-0.05, 0) is 119 Å². The third-order valence-electron chi connectivity index (χ3n) is 10.3. The summed E-state index contributed by atoms with van der Waals surface area (Å²) in [6.07, 6.45) is 6.23. The Labute approximate surface area is 253 Å². The van der Waals surface area contributed by atoms with Gasteiger partial charge in [0.1, 0.15) is 6.04 Å². The fraction of sp³-hybridized carbons (Fsp3) is 0.677. The number of carbonyl (C=O) groups is 3. The molecule has 0 bridgehead atoms. The minimum atomic E-state index is -5.08. The number of aromatic nitrogens is 2. The van der Waals surface area contributed by atoms with E-state index < -0.39 is 18.2 Å². The van der Waals surface area contributed by atoms with Crippen molar-refractivity contribution >= 4 is 28.8 Å². The maximum atomic E-state index is 13.1. The number of aliphatic carboxylic acids is 1. The van der Waals surface area contributed by atoms with Gasteiger partial charge in [-0.25, -0.2) is 9.59 Å². The quantitative estimate of drug-likeness (QED) is 0.445. The lowest BCUT2D eigenvalue weighted by Gasteiger charge is -2.44. The van der Waals surface area contributed by atoms with Crippen molar-refractivity contribution in [2.45, 2.75) is 82.3 Å². The molecule has 13 heteroatoms. The van der Waals surface area contributed by atoms with Crippen LogP contribution in [0.1, 0.15) is 81.7 Å². The van der Waals surface area contributed by atoms with Crippen LogP contribution in [0.15, 0.2) is 23.0 Å². The van der Waals surface area contributed by atoms with E-state index in [1.54, 1.807) is 16.2 Å². The van der Waals surface area contributed by atoms with Crippen LogP contribution in [0.2, 0.25) is 0 Å². The highest BCUT2D eigenvalue weighted by Gasteiger charge is 2.39. The number of aryl methyl sites for hydroxylation is 1. The van der Waals surface area contributed by atoms with Crippen LogP contribution in [0.5, 0.6) is 0 Å². The Kier molecular flexibility index (Phi) is 9.55. The van der Waals surface area contributed by atoms with Crippen LogP contribution in [0.25, 0.3) is 11.0 Å². The Balaban J connectivity index is 0.000000493. The number of imidazole rings is 1. The number of nitrogens with one attached hydrogen (secondary N) is 2. The number of nitrogens with zero attached hydrogens (tertiary/aromatic N) is 3. The number of imide groups is 1. The van der Waals surface area contributed by atoms with E-state index in [1.807, 2.05) is 6.07 Å². The molecule has 1 saturated carbocycles. The summed E-state index contributed by atoms with van der Waals surface area (Å²) in [5, 5.41) is 13.0. The Morgan fingerprint density at radius 2 is 1.61 bits per heavy atom. The summed E-state index contributed by atoms with van der Waals surface area (Å²) in [5.41, 5.74) is 3.37. The largest absolute Gasteiger partial charge is 0.490 e. The van der Waals surface area contributed by atoms with Crippen LogP contribution in [-0.4, -0.2) is 75.8 Å². The second-order valence-corrected chi connectivity index (χ2v) is 13.0. The highest BCUT2D eigenvalue weighted by molar-refractivity contribution is 6.00. The van der Waals surface area contributed by atoms with Gasteiger partial charge in [0.15, 0.2) is 0 Å². The van der Waals surface area contributed by atoms with Crippen molar-refractivity contribution < 1.29 is 32.7 Å². The fourth-order valence-electron chi connectivity index (χ4n) is 7.61. The number of carbonyl (C=O) groups excluding carboxylic acids is 2. The van der Waals surface area contributed by atoms with Gasteiger partial charge in [0, 0.05) is 20.0 Å². The molecule has 10 nitrogen and oxygen atoms in total. The van der Waals surface area contributed by atoms with Crippen molar-refractivity contribution in [3.63, 3.8) is 0 Å². The molecule has 0 radical (unpaired) electrons. The third-order valence-corrected chi connectivity index (χ3v) is 10.3. The van der Waals surface area contributed by atoms with Crippen molar-refractivity contribution in [1.82, 2.24) is 24.7 Å². The van der Waals surface area contributed by atoms with Gasteiger partial charge in [-0.1, -0.05) is 6.07 Å². The van der Waals surface area contributed by atoms with Gasteiger partial charge in [-0.3, -0.25) is 24.0 Å². The molecule has 1 spiro atoms. The SMILES string of the molecule is Cn1c(=O)n(C2CCC(=O)NC2=O)c2ccc(C3CCN(CC4CCC5(CCNCC5)CC4)CC3)cc21.O=C(O)C(F)(F)F. The minimum absolute atomic E-state index is 0.199. The van der Waals surface area contributed by atoms with Crippen LogP contribution in [0.3, 0.4) is 0 Å². The first-order valence-electron chi connectivity index (χ1n) is 15.6. The van der Waals surface area contributed by atoms with Gasteiger partial charge in [-0.2, -0.15) is 13.2 Å². The Morgan fingerprint density at radius 3 is 2.20 bits per heavy atom. The maximum absolute atomic E-state index is 13.1. The maximum Gasteiger partial charge on any atom is 0.490 e. The Hall–Kier alpha value is -3.19. The molecule has 1 aromatic carbocycles. The highest BCUT2D eigenvalue weighted by atomic mass is 19.4. The first kappa shape index (κ1) is 32.2. The standard InChI is InChI=1S/C29H41N5O3.C2HF3O2/c1-32-25-18-22(2-3-23(25)34(28(32)37)24-4-5-26(35)31-27(24)36)21-8-16-33(17-9-21)19-20-6-10-29(11-7-20)12-14-30-15-13-29;3-2(4,5)1(6)7/h2-3,18,20-21,24,30H,4-17,19H2,1H3,(H,31,35,36);(H,6,7). The van der Waals surface area contributed by atoms with Gasteiger partial charge in [0.25, 0.3) is 0 Å². The van der Waals surface area contributed by atoms with Crippen molar-refractivity contribution in [3.05, 3.63) is 34.2 Å². The summed E-state index contributed by atoms with van der Waals surface area (Å²) in [7, 11) is 1.78. The number of carboxylic acid groups (broad SMARTS) is 1. The number of halogens is 3. The van der Waals surface area contributed by atoms with E-state index >= 15 is 0 Å². The number of fused-ring (bicyclic) bond motifs is 1. The summed E-state index contributed by atoms with van der Waals surface area (Å²) in [4.78, 5) is 48.7. The number of likely N-dealkylation sites (tertiary alicyclic amines) is 1. The molecule has 3 saturated heterocycles. The zero-order valence-electron chi connectivity index (χ0n) is 25.1. The van der Waals surface area contributed by atoms with Crippen LogP contribution in [0, 0.1) is 11.3 Å². The predicted octanol–water partition coefficient (Wildman–Crippen LogP) is 3.69. The molecule has 44 heavy (non-hydrogen) atoms. The van der Waals surface area contributed by atoms with Crippen molar-refractivity contribution in [1.29, 1.82) is 0 Å². The molecule has 1 aromatic heterocycles. The monoisotopic (exact) mass is 621 g/mol. The number of hydrogen-bond acceptors (Lipinski definition) is 6. The summed E-state index contributed by atoms with van der Waals surface area (Å²) < 4.78 is 35.0. The average molecular weight is 622 g/mol. The molecular formula is C31H42F3N5O5. The lowest BCUT2D eigenvalue weighted by Crippen LogP contribution is -2.44. The number of amides is 2. The van der Waals surface area contributed by atoms with Crippen molar-refractivity contribution in [2.24, 2.45) is 18.4 Å². The lowest BCUT2D eigenvalue weighted by molar-refractivity contribution is -0.192. The van der Waals surface area contributed by atoms with E-state index in [1.165, 1.54) is 63.7 Å². The molecule has 3 aliphatic heterocycles. The molecule has 2 aromatic rings. The molecule has 242 valence electrons. The number of benzene rings is 1. The number of carboxylic acids is 1. The summed E-state index contributed by atoms with van der Waals surface area (Å²) >= 11 is 0. The van der Waals surface area contributed by atoms with E-state index in [0.717, 1.165) is 42.9 Å². The fourth-order valence-corrected chi connectivity index (χ4v) is 7.61. The van der Waals surface area contributed by atoms with Gasteiger partial charge in [0.05, 0.1) is 11.0 Å². The van der Waals surface area contributed by atoms with E-state index in [2.05, 4.69) is 27.7 Å². The van der Waals surface area contributed by atoms with Gasteiger partial charge < -0.3 is 15.3 Å². The van der Waals surface area contributed by atoms with E-state index in [4.69, 9.17) is 9.90 Å². The molecule has 1 atom stereocenters. The van der Waals surface area contributed by atoms with Crippen LogP contribution < -0.4 is 16.3 Å². The molecule has 4 aliphatic rings. The number of hydrogen-bond donors (Lipinski definition) is 3. The normalized spacial score (nSPS) is 23.8. The topological polar surface area (TPSA) is 126 Å². The summed E-state index contributed by atoms with van der Waals surface area (Å²) in [6, 6.07) is 5.66. The summed E-state index contributed by atoms with van der Waals surface area (Å²) in [6.45, 7) is 5.96. The average Bonchev–Trinajstić information content (AvgIpc) is 3.24. The van der Waals surface area contributed by atoms with Crippen LogP contribution in [-0.2, 0) is 21.4 Å². The number of alkyl halides is 3. The zero-order chi connectivity index (χ0) is 31.6. The molecule has 6 rings (SSSR count). The Morgan fingerprint density at radius 1 is 0.977 bits per heavy atom. The molecule has 4 fully saturated rings.